The molecule has 1 amide bonds. The lowest BCUT2D eigenvalue weighted by Crippen LogP contribution is -2.45. The van der Waals surface area contributed by atoms with Gasteiger partial charge in [-0.05, 0) is 43.0 Å². The van der Waals surface area contributed by atoms with E-state index in [-0.39, 0.29) is 5.91 Å². The Bertz CT molecular complexity index is 671. The molecular weight excluding hydrogens is 326 g/mol. The normalized spacial score (nSPS) is 20.0. The number of rotatable bonds is 6. The molecule has 0 N–H and O–H groups in total. The molecule has 0 saturated heterocycles. The van der Waals surface area contributed by atoms with Crippen molar-refractivity contribution in [3.05, 3.63) is 66.2 Å². The summed E-state index contributed by atoms with van der Waals surface area (Å²) in [7, 11) is 0. The molecule has 3 rings (SSSR count). The van der Waals surface area contributed by atoms with E-state index in [1.807, 2.05) is 42.1 Å². The first kappa shape index (κ1) is 18.1. The average Bonchev–Trinajstić information content (AvgIpc) is 3.08. The van der Waals surface area contributed by atoms with E-state index in [4.69, 9.17) is 0 Å². The van der Waals surface area contributed by atoms with Gasteiger partial charge in [0.1, 0.15) is 0 Å². The number of hydrogen-bond donors (Lipinski definition) is 0. The Morgan fingerprint density at radius 1 is 1.04 bits per heavy atom. The fraction of sp³-hybridized carbons (Fsp3) is 0.409. The molecule has 3 heteroatoms. The minimum Gasteiger partial charge on any atom is -0.334 e. The fourth-order valence-electron chi connectivity index (χ4n) is 3.58. The number of hydrogen-bond acceptors (Lipinski definition) is 2. The van der Waals surface area contributed by atoms with Crippen molar-refractivity contribution in [2.24, 2.45) is 5.92 Å². The van der Waals surface area contributed by atoms with Crippen molar-refractivity contribution in [2.75, 3.05) is 6.54 Å². The second-order valence-electron chi connectivity index (χ2n) is 7.18. The van der Waals surface area contributed by atoms with E-state index in [2.05, 4.69) is 49.1 Å². The summed E-state index contributed by atoms with van der Waals surface area (Å²) in [5, 5.41) is 0.480. The van der Waals surface area contributed by atoms with Gasteiger partial charge in [-0.25, -0.2) is 0 Å². The summed E-state index contributed by atoms with van der Waals surface area (Å²) >= 11 is 1.93. The molecule has 25 heavy (non-hydrogen) atoms. The number of thioether (sulfide) groups is 1. The summed E-state index contributed by atoms with van der Waals surface area (Å²) in [6, 6.07) is 20.6. The zero-order valence-electron chi connectivity index (χ0n) is 15.1. The second-order valence-corrected chi connectivity index (χ2v) is 8.50. The molecule has 2 aromatic rings. The number of carbonyl (C=O) groups excluding carboxylic acids is 1. The van der Waals surface area contributed by atoms with E-state index in [0.717, 1.165) is 18.5 Å². The molecular formula is C22H27NOS. The number of benzene rings is 2. The third-order valence-corrected chi connectivity index (χ3v) is 6.09. The monoisotopic (exact) mass is 353 g/mol. The summed E-state index contributed by atoms with van der Waals surface area (Å²) < 4.78 is 0. The van der Waals surface area contributed by atoms with Crippen LogP contribution in [0.5, 0.6) is 0 Å². The zero-order chi connectivity index (χ0) is 17.6. The van der Waals surface area contributed by atoms with Gasteiger partial charge < -0.3 is 4.90 Å². The first-order valence-electron chi connectivity index (χ1n) is 9.23. The molecule has 0 radical (unpaired) electrons. The Morgan fingerprint density at radius 2 is 1.68 bits per heavy atom. The smallest absolute Gasteiger partial charge is 0.254 e. The molecule has 2 nitrogen and oxygen atoms in total. The van der Waals surface area contributed by atoms with Gasteiger partial charge >= 0.3 is 0 Å². The lowest BCUT2D eigenvalue weighted by atomic mass is 10.1. The molecule has 132 valence electrons. The topological polar surface area (TPSA) is 20.3 Å². The maximum absolute atomic E-state index is 13.2. The maximum Gasteiger partial charge on any atom is 0.254 e. The molecule has 0 spiro atoms. The molecule has 0 aromatic heterocycles. The van der Waals surface area contributed by atoms with Gasteiger partial charge in [-0.3, -0.25) is 4.79 Å². The molecule has 0 aliphatic heterocycles. The molecule has 2 atom stereocenters. The van der Waals surface area contributed by atoms with Crippen molar-refractivity contribution in [1.82, 2.24) is 4.90 Å². The minimum absolute atomic E-state index is 0.180. The SMILES string of the molecule is CC(C)CN(C(=O)c1ccccc1)C1CCCC1Sc1ccccc1. The van der Waals surface area contributed by atoms with E-state index in [1.54, 1.807) is 0 Å². The summed E-state index contributed by atoms with van der Waals surface area (Å²) in [6.07, 6.45) is 3.49. The molecule has 2 aromatic carbocycles. The van der Waals surface area contributed by atoms with E-state index >= 15 is 0 Å². The van der Waals surface area contributed by atoms with Crippen molar-refractivity contribution < 1.29 is 4.79 Å². The first-order valence-corrected chi connectivity index (χ1v) is 10.1. The maximum atomic E-state index is 13.2. The van der Waals surface area contributed by atoms with Gasteiger partial charge in [-0.1, -0.05) is 56.7 Å². The van der Waals surface area contributed by atoms with Crippen LogP contribution in [0, 0.1) is 5.92 Å². The highest BCUT2D eigenvalue weighted by Gasteiger charge is 2.35. The van der Waals surface area contributed by atoms with Gasteiger partial charge in [0, 0.05) is 28.3 Å². The minimum atomic E-state index is 0.180. The standard InChI is InChI=1S/C22H27NOS/c1-17(2)16-23(22(24)18-10-5-3-6-11-18)20-14-9-15-21(20)25-19-12-7-4-8-13-19/h3-8,10-13,17,20-21H,9,14-16H2,1-2H3. The third-order valence-electron chi connectivity index (χ3n) is 4.69. The Labute approximate surface area is 155 Å². The predicted molar refractivity (Wildman–Crippen MR) is 106 cm³/mol. The fourth-order valence-corrected chi connectivity index (χ4v) is 4.97. The van der Waals surface area contributed by atoms with Crippen LogP contribution in [0.15, 0.2) is 65.6 Å². The predicted octanol–water partition coefficient (Wildman–Crippen LogP) is 5.50. The molecule has 1 saturated carbocycles. The van der Waals surface area contributed by atoms with Gasteiger partial charge in [0.2, 0.25) is 0 Å². The van der Waals surface area contributed by atoms with Crippen molar-refractivity contribution in [3.8, 4) is 0 Å². The Hall–Kier alpha value is -1.74. The first-order chi connectivity index (χ1) is 12.1. The van der Waals surface area contributed by atoms with Crippen molar-refractivity contribution in [1.29, 1.82) is 0 Å². The van der Waals surface area contributed by atoms with Crippen LogP contribution in [0.4, 0.5) is 0 Å². The summed E-state index contributed by atoms with van der Waals surface area (Å²) in [5.74, 6) is 0.649. The van der Waals surface area contributed by atoms with Crippen molar-refractivity contribution in [2.45, 2.75) is 49.3 Å². The molecule has 0 bridgehead atoms. The van der Waals surface area contributed by atoms with Crippen LogP contribution in [0.25, 0.3) is 0 Å². The van der Waals surface area contributed by atoms with Gasteiger partial charge in [-0.2, -0.15) is 0 Å². The van der Waals surface area contributed by atoms with Crippen molar-refractivity contribution in [3.63, 3.8) is 0 Å². The van der Waals surface area contributed by atoms with Gasteiger partial charge in [0.25, 0.3) is 5.91 Å². The van der Waals surface area contributed by atoms with E-state index in [0.29, 0.717) is 17.2 Å². The number of amides is 1. The lowest BCUT2D eigenvalue weighted by Gasteiger charge is -2.34. The highest BCUT2D eigenvalue weighted by Crippen LogP contribution is 2.38. The van der Waals surface area contributed by atoms with Crippen LogP contribution in [-0.2, 0) is 0 Å². The van der Waals surface area contributed by atoms with Crippen LogP contribution < -0.4 is 0 Å². The number of nitrogens with zero attached hydrogens (tertiary/aromatic N) is 1. The average molecular weight is 354 g/mol. The molecule has 0 heterocycles. The van der Waals surface area contributed by atoms with E-state index < -0.39 is 0 Å². The Balaban J connectivity index is 1.80. The van der Waals surface area contributed by atoms with Crippen LogP contribution in [-0.4, -0.2) is 28.6 Å². The van der Waals surface area contributed by atoms with Crippen LogP contribution in [0.3, 0.4) is 0 Å². The van der Waals surface area contributed by atoms with Gasteiger partial charge in [-0.15, -0.1) is 11.8 Å². The third kappa shape index (κ3) is 4.66. The summed E-state index contributed by atoms with van der Waals surface area (Å²) in [4.78, 5) is 16.6. The Kier molecular flexibility index (Phi) is 6.19. The highest BCUT2D eigenvalue weighted by atomic mass is 32.2. The number of carbonyl (C=O) groups is 1. The molecule has 2 unspecified atom stereocenters. The van der Waals surface area contributed by atoms with Gasteiger partial charge in [0.05, 0.1) is 0 Å². The molecule has 1 aliphatic rings. The van der Waals surface area contributed by atoms with Crippen molar-refractivity contribution >= 4 is 17.7 Å². The largest absolute Gasteiger partial charge is 0.334 e. The summed E-state index contributed by atoms with van der Waals surface area (Å²) in [6.45, 7) is 5.21. The lowest BCUT2D eigenvalue weighted by molar-refractivity contribution is 0.0660. The van der Waals surface area contributed by atoms with Crippen LogP contribution >= 0.6 is 11.8 Å². The van der Waals surface area contributed by atoms with Crippen LogP contribution in [0.2, 0.25) is 0 Å². The molecule has 1 fully saturated rings. The van der Waals surface area contributed by atoms with E-state index in [9.17, 15) is 4.79 Å². The van der Waals surface area contributed by atoms with E-state index in [1.165, 1.54) is 17.7 Å². The van der Waals surface area contributed by atoms with Crippen LogP contribution in [0.1, 0.15) is 43.5 Å². The zero-order valence-corrected chi connectivity index (χ0v) is 15.9. The quantitative estimate of drug-likeness (QED) is 0.683. The van der Waals surface area contributed by atoms with Gasteiger partial charge in [0.15, 0.2) is 0 Å². The highest BCUT2D eigenvalue weighted by molar-refractivity contribution is 8.00. The summed E-state index contributed by atoms with van der Waals surface area (Å²) in [5.41, 5.74) is 0.804. The second kappa shape index (κ2) is 8.57. The Morgan fingerprint density at radius 3 is 2.32 bits per heavy atom. The molecule has 1 aliphatic carbocycles.